The Labute approximate surface area is 143 Å². The molecular formula is C19H24ClNO2. The molecule has 0 spiro atoms. The SMILES string of the molecule is CCC(CO)NCc1cc(Cl)ccc1OCc1ccc(C)cc1. The number of aryl methyl sites for hydroxylation is 1. The van der Waals surface area contributed by atoms with Crippen LogP contribution in [0.4, 0.5) is 0 Å². The number of hydrogen-bond acceptors (Lipinski definition) is 3. The number of halogens is 1. The largest absolute Gasteiger partial charge is 0.489 e. The number of rotatable bonds is 8. The highest BCUT2D eigenvalue weighted by Crippen LogP contribution is 2.24. The van der Waals surface area contributed by atoms with Gasteiger partial charge in [-0.05, 0) is 37.1 Å². The first kappa shape index (κ1) is 17.8. The van der Waals surface area contributed by atoms with Gasteiger partial charge in [0.1, 0.15) is 12.4 Å². The Hall–Kier alpha value is -1.55. The van der Waals surface area contributed by atoms with Crippen molar-refractivity contribution in [2.75, 3.05) is 6.61 Å². The van der Waals surface area contributed by atoms with E-state index in [-0.39, 0.29) is 12.6 Å². The highest BCUT2D eigenvalue weighted by Gasteiger charge is 2.09. The topological polar surface area (TPSA) is 41.5 Å². The molecule has 0 heterocycles. The standard InChI is InChI=1S/C19H24ClNO2/c1-3-18(12-22)21-11-16-10-17(20)8-9-19(16)23-13-15-6-4-14(2)5-7-15/h4-10,18,21-22H,3,11-13H2,1-2H3. The minimum Gasteiger partial charge on any atom is -0.489 e. The lowest BCUT2D eigenvalue weighted by atomic mass is 10.1. The van der Waals surface area contributed by atoms with Crippen LogP contribution in [0.1, 0.15) is 30.0 Å². The van der Waals surface area contributed by atoms with Gasteiger partial charge in [-0.1, -0.05) is 48.4 Å². The van der Waals surface area contributed by atoms with Crippen LogP contribution in [0.3, 0.4) is 0 Å². The molecule has 2 aromatic carbocycles. The predicted molar refractivity (Wildman–Crippen MR) is 95.0 cm³/mol. The van der Waals surface area contributed by atoms with E-state index in [0.717, 1.165) is 23.3 Å². The summed E-state index contributed by atoms with van der Waals surface area (Å²) in [6.07, 6.45) is 0.872. The van der Waals surface area contributed by atoms with E-state index in [0.29, 0.717) is 18.2 Å². The second-order valence-electron chi connectivity index (χ2n) is 5.69. The van der Waals surface area contributed by atoms with E-state index in [1.54, 1.807) is 0 Å². The number of ether oxygens (including phenoxy) is 1. The summed E-state index contributed by atoms with van der Waals surface area (Å²) in [5.74, 6) is 0.815. The second-order valence-corrected chi connectivity index (χ2v) is 6.13. The number of benzene rings is 2. The molecule has 1 atom stereocenters. The highest BCUT2D eigenvalue weighted by molar-refractivity contribution is 6.30. The van der Waals surface area contributed by atoms with Crippen molar-refractivity contribution in [2.24, 2.45) is 0 Å². The van der Waals surface area contributed by atoms with Crippen molar-refractivity contribution in [1.29, 1.82) is 0 Å². The van der Waals surface area contributed by atoms with Crippen LogP contribution in [0.15, 0.2) is 42.5 Å². The van der Waals surface area contributed by atoms with E-state index in [4.69, 9.17) is 16.3 Å². The van der Waals surface area contributed by atoms with Gasteiger partial charge in [-0.3, -0.25) is 0 Å². The van der Waals surface area contributed by atoms with Crippen LogP contribution >= 0.6 is 11.6 Å². The molecule has 0 fully saturated rings. The summed E-state index contributed by atoms with van der Waals surface area (Å²) in [6.45, 7) is 5.37. The zero-order valence-corrected chi connectivity index (χ0v) is 14.4. The maximum Gasteiger partial charge on any atom is 0.124 e. The van der Waals surface area contributed by atoms with E-state index in [1.165, 1.54) is 5.56 Å². The zero-order chi connectivity index (χ0) is 16.7. The van der Waals surface area contributed by atoms with E-state index in [9.17, 15) is 5.11 Å². The Morgan fingerprint density at radius 3 is 2.57 bits per heavy atom. The molecule has 2 aromatic rings. The Balaban J connectivity index is 2.04. The lowest BCUT2D eigenvalue weighted by Crippen LogP contribution is -2.31. The van der Waals surface area contributed by atoms with E-state index in [1.807, 2.05) is 25.1 Å². The van der Waals surface area contributed by atoms with Crippen LogP contribution in [0, 0.1) is 6.92 Å². The summed E-state index contributed by atoms with van der Waals surface area (Å²) in [4.78, 5) is 0. The predicted octanol–water partition coefficient (Wildman–Crippen LogP) is 4.09. The van der Waals surface area contributed by atoms with Crippen molar-refractivity contribution in [3.63, 3.8) is 0 Å². The Kier molecular flexibility index (Phi) is 6.90. The lowest BCUT2D eigenvalue weighted by Gasteiger charge is -2.17. The molecule has 0 saturated carbocycles. The quantitative estimate of drug-likeness (QED) is 0.764. The molecule has 0 saturated heterocycles. The van der Waals surface area contributed by atoms with Gasteiger partial charge in [0, 0.05) is 23.2 Å². The molecule has 0 aliphatic heterocycles. The van der Waals surface area contributed by atoms with Gasteiger partial charge >= 0.3 is 0 Å². The van der Waals surface area contributed by atoms with Gasteiger partial charge in [0.05, 0.1) is 6.61 Å². The molecule has 0 aliphatic rings. The summed E-state index contributed by atoms with van der Waals surface area (Å²) in [6, 6.07) is 14.0. The molecule has 3 nitrogen and oxygen atoms in total. The molecule has 1 unspecified atom stereocenters. The Bertz CT molecular complexity index is 609. The normalized spacial score (nSPS) is 12.2. The van der Waals surface area contributed by atoms with Gasteiger partial charge in [-0.2, -0.15) is 0 Å². The zero-order valence-electron chi connectivity index (χ0n) is 13.7. The molecule has 2 N–H and O–H groups in total. The van der Waals surface area contributed by atoms with E-state index < -0.39 is 0 Å². The third-order valence-electron chi connectivity index (χ3n) is 3.83. The summed E-state index contributed by atoms with van der Waals surface area (Å²) < 4.78 is 5.96. The van der Waals surface area contributed by atoms with Crippen molar-refractivity contribution in [1.82, 2.24) is 5.32 Å². The monoisotopic (exact) mass is 333 g/mol. The van der Waals surface area contributed by atoms with Gasteiger partial charge < -0.3 is 15.2 Å². The number of hydrogen-bond donors (Lipinski definition) is 2. The summed E-state index contributed by atoms with van der Waals surface area (Å²) in [5, 5.41) is 13.3. The van der Waals surface area contributed by atoms with Crippen LogP contribution in [-0.2, 0) is 13.2 Å². The Morgan fingerprint density at radius 1 is 1.17 bits per heavy atom. The molecule has 2 rings (SSSR count). The summed E-state index contributed by atoms with van der Waals surface area (Å²) in [7, 11) is 0. The molecule has 23 heavy (non-hydrogen) atoms. The fraction of sp³-hybridized carbons (Fsp3) is 0.368. The first-order valence-electron chi connectivity index (χ1n) is 7.93. The average molecular weight is 334 g/mol. The van der Waals surface area contributed by atoms with E-state index in [2.05, 4.69) is 36.5 Å². The van der Waals surface area contributed by atoms with Crippen molar-refractivity contribution >= 4 is 11.6 Å². The third kappa shape index (κ3) is 5.54. The smallest absolute Gasteiger partial charge is 0.124 e. The average Bonchev–Trinajstić information content (AvgIpc) is 2.56. The Morgan fingerprint density at radius 2 is 1.91 bits per heavy atom. The molecule has 0 radical (unpaired) electrons. The number of aliphatic hydroxyl groups is 1. The van der Waals surface area contributed by atoms with Crippen LogP contribution in [-0.4, -0.2) is 17.8 Å². The first-order chi connectivity index (χ1) is 11.1. The van der Waals surface area contributed by atoms with Gasteiger partial charge in [0.15, 0.2) is 0 Å². The highest BCUT2D eigenvalue weighted by atomic mass is 35.5. The van der Waals surface area contributed by atoms with Crippen LogP contribution < -0.4 is 10.1 Å². The number of nitrogens with one attached hydrogen (secondary N) is 1. The molecule has 0 aromatic heterocycles. The fourth-order valence-corrected chi connectivity index (χ4v) is 2.46. The van der Waals surface area contributed by atoms with Crippen LogP contribution in [0.5, 0.6) is 5.75 Å². The van der Waals surface area contributed by atoms with Gasteiger partial charge in [-0.15, -0.1) is 0 Å². The fourth-order valence-electron chi connectivity index (χ4n) is 2.26. The first-order valence-corrected chi connectivity index (χ1v) is 8.31. The lowest BCUT2D eigenvalue weighted by molar-refractivity contribution is 0.237. The minimum absolute atomic E-state index is 0.0823. The minimum atomic E-state index is 0.0823. The van der Waals surface area contributed by atoms with Crippen molar-refractivity contribution in [2.45, 2.75) is 39.5 Å². The molecule has 124 valence electrons. The molecule has 4 heteroatoms. The van der Waals surface area contributed by atoms with Gasteiger partial charge in [-0.25, -0.2) is 0 Å². The van der Waals surface area contributed by atoms with Crippen molar-refractivity contribution in [3.8, 4) is 5.75 Å². The maximum absolute atomic E-state index is 9.28. The van der Waals surface area contributed by atoms with Crippen molar-refractivity contribution in [3.05, 3.63) is 64.2 Å². The summed E-state index contributed by atoms with van der Waals surface area (Å²) >= 11 is 6.10. The van der Waals surface area contributed by atoms with Crippen LogP contribution in [0.2, 0.25) is 5.02 Å². The molecule has 0 amide bonds. The van der Waals surface area contributed by atoms with Crippen molar-refractivity contribution < 1.29 is 9.84 Å². The van der Waals surface area contributed by atoms with Gasteiger partial charge in [0.25, 0.3) is 0 Å². The summed E-state index contributed by atoms with van der Waals surface area (Å²) in [5.41, 5.74) is 3.36. The third-order valence-corrected chi connectivity index (χ3v) is 4.07. The second kappa shape index (κ2) is 8.92. The van der Waals surface area contributed by atoms with Gasteiger partial charge in [0.2, 0.25) is 0 Å². The number of aliphatic hydroxyl groups excluding tert-OH is 1. The molecule has 0 aliphatic carbocycles. The molecule has 0 bridgehead atoms. The van der Waals surface area contributed by atoms with E-state index >= 15 is 0 Å². The van der Waals surface area contributed by atoms with Crippen LogP contribution in [0.25, 0.3) is 0 Å². The molecular weight excluding hydrogens is 310 g/mol. The maximum atomic E-state index is 9.28.